The first-order valence-electron chi connectivity index (χ1n) is 4.74. The number of hydrogen-bond acceptors (Lipinski definition) is 0. The minimum absolute atomic E-state index is 0.943. The van der Waals surface area contributed by atoms with Crippen LogP contribution in [0.3, 0.4) is 0 Å². The first kappa shape index (κ1) is 10.3. The lowest BCUT2D eigenvalue weighted by Gasteiger charge is -2.02. The molecule has 68 valence electrons. The van der Waals surface area contributed by atoms with E-state index < -0.39 is 0 Å². The summed E-state index contributed by atoms with van der Waals surface area (Å²) in [6, 6.07) is 0. The van der Waals surface area contributed by atoms with Gasteiger partial charge in [0.2, 0.25) is 0 Å². The monoisotopic (exact) mass is 200 g/mol. The second-order valence-corrected chi connectivity index (χ2v) is 5.48. The Morgan fingerprint density at radius 1 is 1.25 bits per heavy atom. The van der Waals surface area contributed by atoms with Crippen LogP contribution in [0.5, 0.6) is 0 Å². The van der Waals surface area contributed by atoms with Crippen molar-refractivity contribution in [2.75, 3.05) is 0 Å². The molecule has 0 N–H and O–H groups in total. The van der Waals surface area contributed by atoms with Gasteiger partial charge in [0.1, 0.15) is 0 Å². The fourth-order valence-electron chi connectivity index (χ4n) is 1.55. The summed E-state index contributed by atoms with van der Waals surface area (Å²) in [6.45, 7) is 4.52. The summed E-state index contributed by atoms with van der Waals surface area (Å²) >= 11 is 0. The van der Waals surface area contributed by atoms with Gasteiger partial charge >= 0.3 is 0 Å². The molecule has 0 aliphatic carbocycles. The Bertz CT molecular complexity index is 238. The Morgan fingerprint density at radius 3 is 2.50 bits per heavy atom. The first-order chi connectivity index (χ1) is 5.79. The molecule has 0 nitrogen and oxygen atoms in total. The third-order valence-corrected chi connectivity index (χ3v) is 4.09. The van der Waals surface area contributed by atoms with Crippen LogP contribution < -0.4 is 5.04 Å². The molecule has 0 radical (unpaired) electrons. The molecule has 2 atom stereocenters. The smallest absolute Gasteiger partial charge is 0.0105 e. The maximum Gasteiger partial charge on any atom is -0.0105 e. The molecule has 0 saturated heterocycles. The van der Waals surface area contributed by atoms with Gasteiger partial charge in [-0.1, -0.05) is 26.7 Å². The minimum atomic E-state index is 0.943. The largest absolute Gasteiger partial charge is 0.132 e. The molecular weight excluding hydrogens is 182 g/mol. The highest BCUT2D eigenvalue weighted by Gasteiger charge is 2.05. The Balaban J connectivity index is 2.80. The molecule has 0 amide bonds. The fraction of sp³-hybridized carbons (Fsp3) is 0.600. The fourth-order valence-corrected chi connectivity index (χ4v) is 3.24. The second kappa shape index (κ2) is 5.05. The zero-order chi connectivity index (χ0) is 8.97. The Morgan fingerprint density at radius 2 is 1.92 bits per heavy atom. The maximum atomic E-state index is 2.90. The van der Waals surface area contributed by atoms with Crippen molar-refractivity contribution in [1.82, 2.24) is 0 Å². The first-order valence-corrected chi connectivity index (χ1v) is 6.39. The molecule has 0 aliphatic heterocycles. The summed E-state index contributed by atoms with van der Waals surface area (Å²) in [6.07, 6.45) is 5.11. The summed E-state index contributed by atoms with van der Waals surface area (Å²) in [5.74, 6) is 2.43. The number of aryl methyl sites for hydroxylation is 1. The Labute approximate surface area is 79.4 Å². The quantitative estimate of drug-likeness (QED) is 0.655. The molecule has 0 aliphatic rings. The van der Waals surface area contributed by atoms with Crippen LogP contribution in [0.1, 0.15) is 37.8 Å². The molecular formula is C10H18P2. The Hall–Kier alpha value is 0.210. The average Bonchev–Trinajstić information content (AvgIpc) is 2.37. The molecule has 1 heterocycles. The van der Waals surface area contributed by atoms with E-state index in [1.165, 1.54) is 25.7 Å². The van der Waals surface area contributed by atoms with Crippen LogP contribution in [0.4, 0.5) is 0 Å². The van der Waals surface area contributed by atoms with Crippen molar-refractivity contribution in [3.05, 3.63) is 16.9 Å². The van der Waals surface area contributed by atoms with Crippen molar-refractivity contribution in [2.45, 2.75) is 39.5 Å². The molecule has 1 aromatic heterocycles. The highest BCUT2D eigenvalue weighted by atomic mass is 31.1. The van der Waals surface area contributed by atoms with Gasteiger partial charge in [0.15, 0.2) is 0 Å². The van der Waals surface area contributed by atoms with Crippen LogP contribution in [0.25, 0.3) is 0 Å². The zero-order valence-corrected chi connectivity index (χ0v) is 10.1. The number of rotatable bonds is 4. The van der Waals surface area contributed by atoms with Gasteiger partial charge in [0, 0.05) is 0 Å². The SMILES string of the molecule is CCCc1c[pH]c(P)c1CCC. The van der Waals surface area contributed by atoms with Crippen molar-refractivity contribution in [3.8, 4) is 0 Å². The summed E-state index contributed by atoms with van der Waals surface area (Å²) < 4.78 is 0. The van der Waals surface area contributed by atoms with E-state index >= 15 is 0 Å². The average molecular weight is 200 g/mol. The van der Waals surface area contributed by atoms with Crippen molar-refractivity contribution >= 4 is 22.5 Å². The van der Waals surface area contributed by atoms with E-state index in [9.17, 15) is 0 Å². The summed E-state index contributed by atoms with van der Waals surface area (Å²) in [5.41, 5.74) is 3.27. The molecule has 0 spiro atoms. The van der Waals surface area contributed by atoms with Gasteiger partial charge < -0.3 is 0 Å². The predicted octanol–water partition coefficient (Wildman–Crippen LogP) is 3.12. The van der Waals surface area contributed by atoms with Gasteiger partial charge in [0.05, 0.1) is 0 Å². The highest BCUT2D eigenvalue weighted by molar-refractivity contribution is 7.51. The second-order valence-electron chi connectivity index (χ2n) is 3.21. The zero-order valence-electron chi connectivity index (χ0n) is 7.98. The molecule has 0 saturated carbocycles. The maximum absolute atomic E-state index is 2.90. The normalized spacial score (nSPS) is 11.2. The van der Waals surface area contributed by atoms with E-state index in [2.05, 4.69) is 28.9 Å². The van der Waals surface area contributed by atoms with Crippen LogP contribution in [0.15, 0.2) is 5.80 Å². The van der Waals surface area contributed by atoms with Crippen LogP contribution >= 0.6 is 17.4 Å². The minimum Gasteiger partial charge on any atom is -0.132 e. The van der Waals surface area contributed by atoms with E-state index in [0.29, 0.717) is 0 Å². The van der Waals surface area contributed by atoms with Gasteiger partial charge in [-0.2, -0.15) is 0 Å². The predicted molar refractivity (Wildman–Crippen MR) is 63.3 cm³/mol. The van der Waals surface area contributed by atoms with Gasteiger partial charge in [0.25, 0.3) is 0 Å². The van der Waals surface area contributed by atoms with Crippen molar-refractivity contribution < 1.29 is 0 Å². The molecule has 1 aromatic rings. The highest BCUT2D eigenvalue weighted by Crippen LogP contribution is 2.21. The number of hydrogen-bond donors (Lipinski definition) is 0. The third-order valence-electron chi connectivity index (χ3n) is 2.13. The van der Waals surface area contributed by atoms with Crippen LogP contribution in [0.2, 0.25) is 0 Å². The van der Waals surface area contributed by atoms with Gasteiger partial charge in [-0.15, -0.1) is 17.4 Å². The van der Waals surface area contributed by atoms with E-state index in [1.807, 2.05) is 0 Å². The van der Waals surface area contributed by atoms with Gasteiger partial charge in [-0.25, -0.2) is 0 Å². The van der Waals surface area contributed by atoms with Crippen LogP contribution in [0, 0.1) is 0 Å². The summed E-state index contributed by atoms with van der Waals surface area (Å²) in [4.78, 5) is 0. The van der Waals surface area contributed by atoms with E-state index in [0.717, 1.165) is 8.19 Å². The Kier molecular flexibility index (Phi) is 4.33. The molecule has 12 heavy (non-hydrogen) atoms. The van der Waals surface area contributed by atoms with Crippen LogP contribution in [-0.4, -0.2) is 0 Å². The van der Waals surface area contributed by atoms with E-state index in [4.69, 9.17) is 0 Å². The lowest BCUT2D eigenvalue weighted by Crippen LogP contribution is -1.97. The summed E-state index contributed by atoms with van der Waals surface area (Å²) in [7, 11) is 3.84. The van der Waals surface area contributed by atoms with Crippen molar-refractivity contribution in [3.63, 3.8) is 0 Å². The summed E-state index contributed by atoms with van der Waals surface area (Å²) in [5, 5.41) is 1.56. The van der Waals surface area contributed by atoms with Gasteiger partial charge in [-0.05, 0) is 34.8 Å². The molecule has 0 fully saturated rings. The van der Waals surface area contributed by atoms with Gasteiger partial charge in [-0.3, -0.25) is 0 Å². The lowest BCUT2D eigenvalue weighted by molar-refractivity contribution is 0.872. The van der Waals surface area contributed by atoms with Crippen molar-refractivity contribution in [1.29, 1.82) is 0 Å². The lowest BCUT2D eigenvalue weighted by atomic mass is 10.1. The van der Waals surface area contributed by atoms with E-state index in [1.54, 1.807) is 16.2 Å². The molecule has 2 unspecified atom stereocenters. The molecule has 0 bridgehead atoms. The van der Waals surface area contributed by atoms with Crippen LogP contribution in [-0.2, 0) is 12.8 Å². The third kappa shape index (κ3) is 2.35. The van der Waals surface area contributed by atoms with E-state index in [-0.39, 0.29) is 0 Å². The van der Waals surface area contributed by atoms with Crippen molar-refractivity contribution in [2.24, 2.45) is 0 Å². The molecule has 2 heteroatoms. The molecule has 1 rings (SSSR count). The topological polar surface area (TPSA) is 0 Å². The molecule has 0 aromatic carbocycles. The standard InChI is InChI=1S/C10H18P2/c1-3-5-8-7-12-10(11)9(8)6-4-2/h7,12H,3-6,11H2,1-2H3.